The van der Waals surface area contributed by atoms with Gasteiger partial charge in [0.25, 0.3) is 0 Å². The van der Waals surface area contributed by atoms with Crippen molar-refractivity contribution in [2.45, 2.75) is 0 Å². The van der Waals surface area contributed by atoms with Crippen LogP contribution in [0.3, 0.4) is 0 Å². The van der Waals surface area contributed by atoms with E-state index < -0.39 is 0 Å². The number of rotatable bonds is 2. The molecule has 8 rings (SSSR count). The fourth-order valence-corrected chi connectivity index (χ4v) is 5.66. The summed E-state index contributed by atoms with van der Waals surface area (Å²) in [6.07, 6.45) is 1.76. The van der Waals surface area contributed by atoms with Gasteiger partial charge in [0.2, 0.25) is 0 Å². The van der Waals surface area contributed by atoms with Gasteiger partial charge in [-0.05, 0) is 60.7 Å². The lowest BCUT2D eigenvalue weighted by Gasteiger charge is -2.10. The van der Waals surface area contributed by atoms with Crippen LogP contribution in [0.25, 0.3) is 66.0 Å². The number of fused-ring (bicyclic) bond motifs is 7. The van der Waals surface area contributed by atoms with Crippen LogP contribution in [0.5, 0.6) is 0 Å². The van der Waals surface area contributed by atoms with Crippen LogP contribution in [0.4, 0.5) is 0 Å². The first-order valence-corrected chi connectivity index (χ1v) is 11.9. The Labute approximate surface area is 201 Å². The summed E-state index contributed by atoms with van der Waals surface area (Å²) in [5.74, 6) is 0. The highest BCUT2D eigenvalue weighted by molar-refractivity contribution is 6.14. The van der Waals surface area contributed by atoms with Gasteiger partial charge in [-0.15, -0.1) is 0 Å². The molecule has 0 unspecified atom stereocenters. The minimum Gasteiger partial charge on any atom is -0.464 e. The second kappa shape index (κ2) is 6.87. The first-order valence-electron chi connectivity index (χ1n) is 11.9. The lowest BCUT2D eigenvalue weighted by atomic mass is 10.1. The third-order valence-electron chi connectivity index (χ3n) is 7.18. The van der Waals surface area contributed by atoms with Crippen molar-refractivity contribution in [2.24, 2.45) is 0 Å². The molecule has 0 fully saturated rings. The van der Waals surface area contributed by atoms with Gasteiger partial charge < -0.3 is 13.6 Å². The first-order chi connectivity index (χ1) is 17.4. The van der Waals surface area contributed by atoms with Crippen molar-refractivity contribution in [3.05, 3.63) is 122 Å². The maximum atomic E-state index is 5.73. The van der Waals surface area contributed by atoms with E-state index in [9.17, 15) is 0 Å². The standard InChI is InChI=1S/C32H20N2O/c1-2-8-22(9-3-1)33-28-12-6-4-10-24(28)26-19-23(14-15-30(26)33)34-29-13-7-5-11-25(29)27-20-32-21(16-17-35-32)18-31(27)34/h1-20H. The van der Waals surface area contributed by atoms with Gasteiger partial charge >= 0.3 is 0 Å². The van der Waals surface area contributed by atoms with Crippen molar-refractivity contribution in [1.29, 1.82) is 0 Å². The maximum absolute atomic E-state index is 5.73. The van der Waals surface area contributed by atoms with Crippen LogP contribution >= 0.6 is 0 Å². The van der Waals surface area contributed by atoms with Gasteiger partial charge in [0.15, 0.2) is 0 Å². The van der Waals surface area contributed by atoms with E-state index in [1.54, 1.807) is 6.26 Å². The third kappa shape index (κ3) is 2.55. The molecule has 0 bridgehead atoms. The molecule has 35 heavy (non-hydrogen) atoms. The number of furan rings is 1. The summed E-state index contributed by atoms with van der Waals surface area (Å²) < 4.78 is 10.5. The van der Waals surface area contributed by atoms with E-state index in [1.165, 1.54) is 49.3 Å². The van der Waals surface area contributed by atoms with Crippen LogP contribution in [-0.2, 0) is 0 Å². The van der Waals surface area contributed by atoms with Crippen molar-refractivity contribution >= 4 is 54.6 Å². The Bertz CT molecular complexity index is 2050. The minimum absolute atomic E-state index is 0.918. The quantitative estimate of drug-likeness (QED) is 0.259. The summed E-state index contributed by atoms with van der Waals surface area (Å²) in [4.78, 5) is 0. The second-order valence-electron chi connectivity index (χ2n) is 9.07. The number of aromatic nitrogens is 2. The molecule has 3 aromatic heterocycles. The summed E-state index contributed by atoms with van der Waals surface area (Å²) >= 11 is 0. The summed E-state index contributed by atoms with van der Waals surface area (Å²) in [5.41, 5.74) is 8.05. The number of hydrogen-bond acceptors (Lipinski definition) is 1. The van der Waals surface area contributed by atoms with E-state index in [2.05, 4.69) is 118 Å². The number of nitrogens with zero attached hydrogens (tertiary/aromatic N) is 2. The topological polar surface area (TPSA) is 23.0 Å². The van der Waals surface area contributed by atoms with Gasteiger partial charge in [-0.1, -0.05) is 54.6 Å². The van der Waals surface area contributed by atoms with Crippen LogP contribution < -0.4 is 0 Å². The van der Waals surface area contributed by atoms with Gasteiger partial charge in [-0.3, -0.25) is 0 Å². The molecule has 164 valence electrons. The molecular weight excluding hydrogens is 428 g/mol. The Morgan fingerprint density at radius 2 is 1.06 bits per heavy atom. The second-order valence-corrected chi connectivity index (χ2v) is 9.07. The molecule has 8 aromatic rings. The molecule has 0 amide bonds. The smallest absolute Gasteiger partial charge is 0.134 e. The van der Waals surface area contributed by atoms with Gasteiger partial charge in [0, 0.05) is 38.3 Å². The van der Waals surface area contributed by atoms with Crippen LogP contribution in [0, 0.1) is 0 Å². The highest BCUT2D eigenvalue weighted by Gasteiger charge is 2.17. The van der Waals surface area contributed by atoms with Crippen molar-refractivity contribution in [2.75, 3.05) is 0 Å². The van der Waals surface area contributed by atoms with Crippen LogP contribution in [0.2, 0.25) is 0 Å². The van der Waals surface area contributed by atoms with Gasteiger partial charge in [-0.25, -0.2) is 0 Å². The van der Waals surface area contributed by atoms with Gasteiger partial charge in [0.05, 0.1) is 28.3 Å². The summed E-state index contributed by atoms with van der Waals surface area (Å²) in [6.45, 7) is 0. The van der Waals surface area contributed by atoms with E-state index in [0.717, 1.165) is 16.7 Å². The molecule has 5 aromatic carbocycles. The lowest BCUT2D eigenvalue weighted by molar-refractivity contribution is 0.616. The fourth-order valence-electron chi connectivity index (χ4n) is 5.66. The van der Waals surface area contributed by atoms with E-state index in [0.29, 0.717) is 0 Å². The SMILES string of the molecule is c1ccc(-n2c3ccccc3c3cc(-n4c5ccccc5c5cc6occc6cc54)ccc32)cc1. The Balaban J connectivity index is 1.49. The minimum atomic E-state index is 0.918. The highest BCUT2D eigenvalue weighted by Crippen LogP contribution is 2.38. The molecule has 0 spiro atoms. The van der Waals surface area contributed by atoms with E-state index in [4.69, 9.17) is 4.42 Å². The predicted octanol–water partition coefficient (Wildman–Crippen LogP) is 8.63. The van der Waals surface area contributed by atoms with Crippen LogP contribution in [-0.4, -0.2) is 9.13 Å². The van der Waals surface area contributed by atoms with Crippen molar-refractivity contribution < 1.29 is 4.42 Å². The first kappa shape index (κ1) is 18.6. The number of para-hydroxylation sites is 3. The molecule has 3 heteroatoms. The monoisotopic (exact) mass is 448 g/mol. The van der Waals surface area contributed by atoms with Gasteiger partial charge in [0.1, 0.15) is 5.58 Å². The maximum Gasteiger partial charge on any atom is 0.134 e. The fraction of sp³-hybridized carbons (Fsp3) is 0. The normalized spacial score (nSPS) is 12.0. The van der Waals surface area contributed by atoms with E-state index in [-0.39, 0.29) is 0 Å². The average molecular weight is 449 g/mol. The molecule has 0 N–H and O–H groups in total. The zero-order valence-electron chi connectivity index (χ0n) is 18.8. The molecule has 3 nitrogen and oxygen atoms in total. The third-order valence-corrected chi connectivity index (χ3v) is 7.18. The Morgan fingerprint density at radius 1 is 0.429 bits per heavy atom. The molecule has 0 aliphatic carbocycles. The molecule has 0 atom stereocenters. The summed E-state index contributed by atoms with van der Waals surface area (Å²) in [7, 11) is 0. The molecular formula is C32H20N2O. The number of benzene rings is 5. The molecule has 0 saturated heterocycles. The Morgan fingerprint density at radius 3 is 1.83 bits per heavy atom. The average Bonchev–Trinajstić information content (AvgIpc) is 3.59. The Kier molecular flexibility index (Phi) is 3.66. The predicted molar refractivity (Wildman–Crippen MR) is 145 cm³/mol. The summed E-state index contributed by atoms with van der Waals surface area (Å²) in [6, 6.07) is 41.2. The van der Waals surface area contributed by atoms with E-state index in [1.807, 2.05) is 6.07 Å². The highest BCUT2D eigenvalue weighted by atomic mass is 16.3. The van der Waals surface area contributed by atoms with Crippen LogP contribution in [0.15, 0.2) is 126 Å². The molecule has 0 saturated carbocycles. The summed E-state index contributed by atoms with van der Waals surface area (Å²) in [5, 5.41) is 6.05. The largest absolute Gasteiger partial charge is 0.464 e. The van der Waals surface area contributed by atoms with Gasteiger partial charge in [-0.2, -0.15) is 0 Å². The molecule has 0 radical (unpaired) electrons. The van der Waals surface area contributed by atoms with Crippen molar-refractivity contribution in [3.8, 4) is 11.4 Å². The van der Waals surface area contributed by atoms with Crippen LogP contribution in [0.1, 0.15) is 0 Å². The van der Waals surface area contributed by atoms with Crippen molar-refractivity contribution in [3.63, 3.8) is 0 Å². The molecule has 3 heterocycles. The zero-order valence-corrected chi connectivity index (χ0v) is 18.8. The molecule has 0 aliphatic heterocycles. The van der Waals surface area contributed by atoms with Crippen molar-refractivity contribution in [1.82, 2.24) is 9.13 Å². The Hall–Kier alpha value is -4.76. The van der Waals surface area contributed by atoms with E-state index >= 15 is 0 Å². The lowest BCUT2D eigenvalue weighted by Crippen LogP contribution is -1.95. The zero-order chi connectivity index (χ0) is 22.9. The number of hydrogen-bond donors (Lipinski definition) is 0. The molecule has 0 aliphatic rings.